The first-order valence-electron chi connectivity index (χ1n) is 7.74. The van der Waals surface area contributed by atoms with E-state index in [1.165, 1.54) is 17.2 Å². The Balaban J connectivity index is 2.85. The Morgan fingerprint density at radius 1 is 1.27 bits per heavy atom. The van der Waals surface area contributed by atoms with E-state index in [0.29, 0.717) is 0 Å². The van der Waals surface area contributed by atoms with E-state index in [9.17, 15) is 5.11 Å². The maximum Gasteiger partial charge on any atom is 0.0914 e. The third-order valence-corrected chi connectivity index (χ3v) is 4.00. The summed E-state index contributed by atoms with van der Waals surface area (Å²) >= 11 is 0. The molecule has 118 valence electrons. The van der Waals surface area contributed by atoms with Crippen molar-refractivity contribution in [1.82, 2.24) is 0 Å². The highest BCUT2D eigenvalue weighted by atomic mass is 16.3. The quantitative estimate of drug-likeness (QED) is 0.585. The summed E-state index contributed by atoms with van der Waals surface area (Å²) in [6.45, 7) is 10.5. The topological polar surface area (TPSA) is 44.0 Å². The Bertz CT molecular complexity index is 592. The van der Waals surface area contributed by atoms with Crippen LogP contribution in [0.4, 0.5) is 0 Å². The number of nitriles is 1. The lowest BCUT2D eigenvalue weighted by atomic mass is 9.71. The summed E-state index contributed by atoms with van der Waals surface area (Å²) in [6, 6.07) is 2.02. The van der Waals surface area contributed by atoms with Gasteiger partial charge in [0, 0.05) is 6.08 Å². The Hall–Kier alpha value is -1.85. The van der Waals surface area contributed by atoms with E-state index >= 15 is 0 Å². The fraction of sp³-hybridized carbons (Fsp3) is 0.450. The molecule has 0 saturated carbocycles. The van der Waals surface area contributed by atoms with Gasteiger partial charge in [-0.2, -0.15) is 5.26 Å². The zero-order chi connectivity index (χ0) is 16.8. The van der Waals surface area contributed by atoms with Crippen molar-refractivity contribution < 1.29 is 5.11 Å². The maximum absolute atomic E-state index is 9.92. The van der Waals surface area contributed by atoms with Crippen LogP contribution in [0.2, 0.25) is 0 Å². The highest BCUT2D eigenvalue weighted by Gasteiger charge is 2.31. The second kappa shape index (κ2) is 7.96. The fourth-order valence-electron chi connectivity index (χ4n) is 2.95. The van der Waals surface area contributed by atoms with Crippen molar-refractivity contribution in [3.63, 3.8) is 0 Å². The second-order valence-corrected chi connectivity index (χ2v) is 6.76. The maximum atomic E-state index is 9.92. The fourth-order valence-corrected chi connectivity index (χ4v) is 2.95. The van der Waals surface area contributed by atoms with Crippen LogP contribution in [0.3, 0.4) is 0 Å². The molecular weight excluding hydrogens is 270 g/mol. The van der Waals surface area contributed by atoms with Crippen LogP contribution in [-0.2, 0) is 0 Å². The molecule has 0 aromatic heterocycles. The number of hydrogen-bond acceptors (Lipinski definition) is 2. The molecule has 0 radical (unpaired) electrons. The van der Waals surface area contributed by atoms with Gasteiger partial charge in [-0.1, -0.05) is 55.4 Å². The van der Waals surface area contributed by atoms with Crippen molar-refractivity contribution in [2.45, 2.75) is 53.6 Å². The predicted octanol–water partition coefficient (Wildman–Crippen LogP) is 5.01. The van der Waals surface area contributed by atoms with E-state index in [1.54, 1.807) is 0 Å². The minimum Gasteiger partial charge on any atom is -0.393 e. The van der Waals surface area contributed by atoms with Crippen molar-refractivity contribution in [3.05, 3.63) is 58.7 Å². The number of allylic oxidation sites excluding steroid dienone is 9. The van der Waals surface area contributed by atoms with Crippen molar-refractivity contribution in [2.24, 2.45) is 5.41 Å². The van der Waals surface area contributed by atoms with Crippen LogP contribution in [-0.4, -0.2) is 11.2 Å². The molecular formula is C20H27NO. The molecule has 1 aliphatic rings. The molecule has 0 aliphatic heterocycles. The highest BCUT2D eigenvalue weighted by Crippen LogP contribution is 2.40. The molecule has 1 unspecified atom stereocenters. The molecule has 1 atom stereocenters. The molecule has 1 rings (SSSR count). The standard InChI is InChI=1S/C20H27NO/c1-15(7-6-8-16(2)11-12-21)9-10-19-17(3)13-18(22)14-20(19,4)5/h6-11,18,22H,13-14H2,1-5H3. The Kier molecular flexibility index (Phi) is 6.59. The molecule has 0 heterocycles. The molecule has 0 amide bonds. The highest BCUT2D eigenvalue weighted by molar-refractivity contribution is 5.37. The number of aliphatic hydroxyl groups is 1. The molecule has 2 nitrogen and oxygen atoms in total. The lowest BCUT2D eigenvalue weighted by molar-refractivity contribution is 0.116. The van der Waals surface area contributed by atoms with Gasteiger partial charge in [-0.3, -0.25) is 0 Å². The lowest BCUT2D eigenvalue weighted by Gasteiger charge is -2.35. The van der Waals surface area contributed by atoms with Crippen LogP contribution in [0.1, 0.15) is 47.5 Å². The molecule has 0 aromatic rings. The zero-order valence-electron chi connectivity index (χ0n) is 14.4. The minimum atomic E-state index is -0.221. The predicted molar refractivity (Wildman–Crippen MR) is 93.1 cm³/mol. The van der Waals surface area contributed by atoms with Crippen molar-refractivity contribution >= 4 is 0 Å². The van der Waals surface area contributed by atoms with Gasteiger partial charge in [0.15, 0.2) is 0 Å². The summed E-state index contributed by atoms with van der Waals surface area (Å²) in [4.78, 5) is 0. The summed E-state index contributed by atoms with van der Waals surface area (Å²) in [6.07, 6.45) is 13.1. The number of hydrogen-bond donors (Lipinski definition) is 1. The van der Waals surface area contributed by atoms with Gasteiger partial charge in [0.2, 0.25) is 0 Å². The monoisotopic (exact) mass is 297 g/mol. The molecule has 1 aliphatic carbocycles. The largest absolute Gasteiger partial charge is 0.393 e. The van der Waals surface area contributed by atoms with Gasteiger partial charge in [-0.25, -0.2) is 0 Å². The lowest BCUT2D eigenvalue weighted by Crippen LogP contribution is -2.28. The summed E-state index contributed by atoms with van der Waals surface area (Å²) in [7, 11) is 0. The van der Waals surface area contributed by atoms with Gasteiger partial charge in [0.05, 0.1) is 12.2 Å². The van der Waals surface area contributed by atoms with Gasteiger partial charge >= 0.3 is 0 Å². The smallest absolute Gasteiger partial charge is 0.0914 e. The van der Waals surface area contributed by atoms with Crippen LogP contribution < -0.4 is 0 Å². The number of nitrogens with zero attached hydrogens (tertiary/aromatic N) is 1. The zero-order valence-corrected chi connectivity index (χ0v) is 14.4. The first-order chi connectivity index (χ1) is 10.3. The van der Waals surface area contributed by atoms with Crippen LogP contribution in [0.5, 0.6) is 0 Å². The molecule has 0 aromatic carbocycles. The Morgan fingerprint density at radius 3 is 2.55 bits per heavy atom. The molecule has 2 heteroatoms. The molecule has 0 fully saturated rings. The first-order valence-corrected chi connectivity index (χ1v) is 7.74. The molecule has 0 saturated heterocycles. The summed E-state index contributed by atoms with van der Waals surface area (Å²) in [5.41, 5.74) is 4.71. The van der Waals surface area contributed by atoms with Crippen molar-refractivity contribution in [3.8, 4) is 6.07 Å². The Labute approximate surface area is 134 Å². The van der Waals surface area contributed by atoms with Crippen LogP contribution in [0.15, 0.2) is 58.7 Å². The summed E-state index contributed by atoms with van der Waals surface area (Å²) in [5, 5.41) is 18.5. The van der Waals surface area contributed by atoms with Crippen molar-refractivity contribution in [2.75, 3.05) is 0 Å². The second-order valence-electron chi connectivity index (χ2n) is 6.76. The Morgan fingerprint density at radius 2 is 1.95 bits per heavy atom. The van der Waals surface area contributed by atoms with Crippen LogP contribution in [0, 0.1) is 16.7 Å². The van der Waals surface area contributed by atoms with E-state index in [2.05, 4.69) is 39.8 Å². The van der Waals surface area contributed by atoms with Gasteiger partial charge in [0.1, 0.15) is 0 Å². The van der Waals surface area contributed by atoms with Gasteiger partial charge in [0.25, 0.3) is 0 Å². The minimum absolute atomic E-state index is 0.0144. The number of aliphatic hydroxyl groups excluding tert-OH is 1. The SMILES string of the molecule is CC(C=CC=C(C)C=CC1=C(C)CC(O)CC1(C)C)=CC#N. The van der Waals surface area contributed by atoms with E-state index in [-0.39, 0.29) is 11.5 Å². The summed E-state index contributed by atoms with van der Waals surface area (Å²) < 4.78 is 0. The van der Waals surface area contributed by atoms with E-state index in [0.717, 1.165) is 24.0 Å². The normalized spacial score (nSPS) is 23.4. The molecule has 22 heavy (non-hydrogen) atoms. The van der Waals surface area contributed by atoms with E-state index in [1.807, 2.05) is 31.2 Å². The first kappa shape index (κ1) is 18.2. The average Bonchev–Trinajstić information content (AvgIpc) is 2.36. The summed E-state index contributed by atoms with van der Waals surface area (Å²) in [5.74, 6) is 0. The van der Waals surface area contributed by atoms with Gasteiger partial charge in [-0.15, -0.1) is 0 Å². The molecule has 0 bridgehead atoms. The van der Waals surface area contributed by atoms with Crippen molar-refractivity contribution in [1.29, 1.82) is 5.26 Å². The van der Waals surface area contributed by atoms with Gasteiger partial charge < -0.3 is 5.11 Å². The average molecular weight is 297 g/mol. The van der Waals surface area contributed by atoms with E-state index in [4.69, 9.17) is 5.26 Å². The third-order valence-electron chi connectivity index (χ3n) is 4.00. The third kappa shape index (κ3) is 5.50. The number of rotatable bonds is 4. The van der Waals surface area contributed by atoms with Crippen LogP contribution >= 0.6 is 0 Å². The molecule has 1 N–H and O–H groups in total. The van der Waals surface area contributed by atoms with E-state index < -0.39 is 0 Å². The molecule has 0 spiro atoms. The van der Waals surface area contributed by atoms with Crippen LogP contribution in [0.25, 0.3) is 0 Å². The van der Waals surface area contributed by atoms with Gasteiger partial charge in [-0.05, 0) is 50.2 Å².